The van der Waals surface area contributed by atoms with Gasteiger partial charge in [-0.15, -0.1) is 0 Å². The first-order valence-corrected chi connectivity index (χ1v) is 6.45. The lowest BCUT2D eigenvalue weighted by atomic mass is 9.99. The molecule has 1 aromatic rings. The second kappa shape index (κ2) is 5.61. The average Bonchev–Trinajstić information content (AvgIpc) is 2.36. The Morgan fingerprint density at radius 1 is 1.33 bits per heavy atom. The predicted molar refractivity (Wildman–Crippen MR) is 78.6 cm³/mol. The van der Waals surface area contributed by atoms with Crippen molar-refractivity contribution < 1.29 is 4.74 Å². The van der Waals surface area contributed by atoms with Gasteiger partial charge in [0.15, 0.2) is 0 Å². The van der Waals surface area contributed by atoms with Crippen molar-refractivity contribution in [2.75, 3.05) is 25.6 Å². The van der Waals surface area contributed by atoms with Gasteiger partial charge in [-0.3, -0.25) is 0 Å². The Hall–Kier alpha value is -1.22. The SMILES string of the molecule is COc1cc(C(C)C)ccc1N(C)C(C)(C)CN. The van der Waals surface area contributed by atoms with Gasteiger partial charge in [0.05, 0.1) is 12.8 Å². The highest BCUT2D eigenvalue weighted by molar-refractivity contribution is 5.61. The minimum Gasteiger partial charge on any atom is -0.495 e. The van der Waals surface area contributed by atoms with Crippen LogP contribution in [0.5, 0.6) is 5.75 Å². The van der Waals surface area contributed by atoms with Crippen LogP contribution in [0.2, 0.25) is 0 Å². The highest BCUT2D eigenvalue weighted by Crippen LogP contribution is 2.34. The van der Waals surface area contributed by atoms with E-state index < -0.39 is 0 Å². The van der Waals surface area contributed by atoms with Crippen molar-refractivity contribution in [3.8, 4) is 5.75 Å². The van der Waals surface area contributed by atoms with Gasteiger partial charge in [-0.25, -0.2) is 0 Å². The number of ether oxygens (including phenoxy) is 1. The van der Waals surface area contributed by atoms with Gasteiger partial charge in [0, 0.05) is 19.1 Å². The summed E-state index contributed by atoms with van der Waals surface area (Å²) < 4.78 is 5.51. The third-order valence-electron chi connectivity index (χ3n) is 3.64. The van der Waals surface area contributed by atoms with Crippen molar-refractivity contribution in [3.05, 3.63) is 23.8 Å². The fourth-order valence-corrected chi connectivity index (χ4v) is 1.79. The molecule has 0 aromatic heterocycles. The Labute approximate surface area is 111 Å². The third kappa shape index (κ3) is 2.96. The molecule has 102 valence electrons. The summed E-state index contributed by atoms with van der Waals surface area (Å²) in [5.74, 6) is 1.41. The molecule has 0 saturated carbocycles. The van der Waals surface area contributed by atoms with E-state index in [1.165, 1.54) is 5.56 Å². The lowest BCUT2D eigenvalue weighted by Gasteiger charge is -2.37. The molecule has 3 nitrogen and oxygen atoms in total. The summed E-state index contributed by atoms with van der Waals surface area (Å²) in [5, 5.41) is 0. The van der Waals surface area contributed by atoms with Gasteiger partial charge in [0.25, 0.3) is 0 Å². The first-order chi connectivity index (χ1) is 8.33. The highest BCUT2D eigenvalue weighted by atomic mass is 16.5. The van der Waals surface area contributed by atoms with Crippen molar-refractivity contribution in [1.29, 1.82) is 0 Å². The molecule has 0 spiro atoms. The molecule has 0 heterocycles. The van der Waals surface area contributed by atoms with E-state index in [0.29, 0.717) is 12.5 Å². The molecule has 0 aliphatic rings. The molecule has 0 atom stereocenters. The summed E-state index contributed by atoms with van der Waals surface area (Å²) in [6.45, 7) is 9.22. The van der Waals surface area contributed by atoms with Crippen LogP contribution in [0.15, 0.2) is 18.2 Å². The highest BCUT2D eigenvalue weighted by Gasteiger charge is 2.24. The number of anilines is 1. The van der Waals surface area contributed by atoms with Gasteiger partial charge in [-0.05, 0) is 37.5 Å². The molecule has 3 heteroatoms. The van der Waals surface area contributed by atoms with Gasteiger partial charge in [-0.1, -0.05) is 19.9 Å². The van der Waals surface area contributed by atoms with Crippen molar-refractivity contribution in [3.63, 3.8) is 0 Å². The van der Waals surface area contributed by atoms with E-state index in [-0.39, 0.29) is 5.54 Å². The Balaban J connectivity index is 3.17. The number of benzene rings is 1. The molecule has 0 saturated heterocycles. The van der Waals surface area contributed by atoms with Crippen LogP contribution < -0.4 is 15.4 Å². The van der Waals surface area contributed by atoms with Crippen LogP contribution in [0.25, 0.3) is 0 Å². The van der Waals surface area contributed by atoms with E-state index in [0.717, 1.165) is 11.4 Å². The maximum absolute atomic E-state index is 5.83. The van der Waals surface area contributed by atoms with Crippen molar-refractivity contribution in [2.45, 2.75) is 39.2 Å². The molecular weight excluding hydrogens is 224 g/mol. The number of nitrogens with zero attached hydrogens (tertiary/aromatic N) is 1. The Morgan fingerprint density at radius 3 is 2.39 bits per heavy atom. The summed E-state index contributed by atoms with van der Waals surface area (Å²) in [4.78, 5) is 2.18. The molecular formula is C15H26N2O. The molecule has 1 aromatic carbocycles. The minimum absolute atomic E-state index is 0.0906. The van der Waals surface area contributed by atoms with Crippen molar-refractivity contribution >= 4 is 5.69 Å². The Bertz CT molecular complexity index is 399. The number of hydrogen-bond donors (Lipinski definition) is 1. The van der Waals surface area contributed by atoms with Gasteiger partial charge < -0.3 is 15.4 Å². The summed E-state index contributed by atoms with van der Waals surface area (Å²) in [6.07, 6.45) is 0. The summed E-state index contributed by atoms with van der Waals surface area (Å²) in [6, 6.07) is 6.39. The smallest absolute Gasteiger partial charge is 0.142 e. The molecule has 2 N–H and O–H groups in total. The quantitative estimate of drug-likeness (QED) is 0.873. The van der Waals surface area contributed by atoms with Crippen LogP contribution in [-0.2, 0) is 0 Å². The molecule has 0 fully saturated rings. The summed E-state index contributed by atoms with van der Waals surface area (Å²) in [7, 11) is 3.77. The van der Waals surface area contributed by atoms with E-state index >= 15 is 0 Å². The van der Waals surface area contributed by atoms with Gasteiger partial charge in [0.2, 0.25) is 0 Å². The third-order valence-corrected chi connectivity index (χ3v) is 3.64. The molecule has 0 unspecified atom stereocenters. The van der Waals surface area contributed by atoms with E-state index in [2.05, 4.69) is 57.8 Å². The zero-order valence-electron chi connectivity index (χ0n) is 12.4. The van der Waals surface area contributed by atoms with Crippen LogP contribution in [-0.4, -0.2) is 26.2 Å². The van der Waals surface area contributed by atoms with Crippen LogP contribution in [0.1, 0.15) is 39.2 Å². The van der Waals surface area contributed by atoms with Crippen LogP contribution in [0, 0.1) is 0 Å². The van der Waals surface area contributed by atoms with E-state index in [4.69, 9.17) is 10.5 Å². The second-order valence-corrected chi connectivity index (χ2v) is 5.66. The average molecular weight is 250 g/mol. The topological polar surface area (TPSA) is 38.5 Å². The van der Waals surface area contributed by atoms with Crippen LogP contribution in [0.3, 0.4) is 0 Å². The molecule has 0 amide bonds. The van der Waals surface area contributed by atoms with Crippen molar-refractivity contribution in [2.24, 2.45) is 5.73 Å². The standard InChI is InChI=1S/C15H26N2O/c1-11(2)12-7-8-13(14(9-12)18-6)17(5)15(3,4)10-16/h7-9,11H,10,16H2,1-6H3. The molecule has 18 heavy (non-hydrogen) atoms. The van der Waals surface area contributed by atoms with Crippen LogP contribution in [0.4, 0.5) is 5.69 Å². The lowest BCUT2D eigenvalue weighted by molar-refractivity contribution is 0.407. The number of likely N-dealkylation sites (N-methyl/N-ethyl adjacent to an activating group) is 1. The summed E-state index contributed by atoms with van der Waals surface area (Å²) >= 11 is 0. The number of hydrogen-bond acceptors (Lipinski definition) is 3. The van der Waals surface area contributed by atoms with Crippen LogP contribution >= 0.6 is 0 Å². The number of rotatable bonds is 5. The second-order valence-electron chi connectivity index (χ2n) is 5.66. The maximum atomic E-state index is 5.83. The Kier molecular flexibility index (Phi) is 4.63. The first-order valence-electron chi connectivity index (χ1n) is 6.45. The lowest BCUT2D eigenvalue weighted by Crippen LogP contribution is -2.47. The molecule has 0 radical (unpaired) electrons. The van der Waals surface area contributed by atoms with Crippen molar-refractivity contribution in [1.82, 2.24) is 0 Å². The summed E-state index contributed by atoms with van der Waals surface area (Å²) in [5.41, 5.74) is 8.11. The maximum Gasteiger partial charge on any atom is 0.142 e. The monoisotopic (exact) mass is 250 g/mol. The molecule has 0 aliphatic heterocycles. The Morgan fingerprint density at radius 2 is 1.94 bits per heavy atom. The minimum atomic E-state index is -0.0906. The van der Waals surface area contributed by atoms with E-state index in [9.17, 15) is 0 Å². The number of methoxy groups -OCH3 is 1. The van der Waals surface area contributed by atoms with Gasteiger partial charge in [-0.2, -0.15) is 0 Å². The molecule has 0 aliphatic carbocycles. The molecule has 0 bridgehead atoms. The van der Waals surface area contributed by atoms with E-state index in [1.54, 1.807) is 7.11 Å². The first kappa shape index (κ1) is 14.8. The molecule has 1 rings (SSSR count). The fourth-order valence-electron chi connectivity index (χ4n) is 1.79. The van der Waals surface area contributed by atoms with Gasteiger partial charge in [0.1, 0.15) is 5.75 Å². The largest absolute Gasteiger partial charge is 0.495 e. The van der Waals surface area contributed by atoms with Gasteiger partial charge >= 0.3 is 0 Å². The number of nitrogens with two attached hydrogens (primary N) is 1. The fraction of sp³-hybridized carbons (Fsp3) is 0.600. The zero-order chi connectivity index (χ0) is 13.9. The predicted octanol–water partition coefficient (Wildman–Crippen LogP) is 2.99. The zero-order valence-corrected chi connectivity index (χ0v) is 12.4. The normalized spacial score (nSPS) is 11.8. The van der Waals surface area contributed by atoms with E-state index in [1.807, 2.05) is 0 Å².